The van der Waals surface area contributed by atoms with E-state index in [0.717, 1.165) is 5.69 Å². The van der Waals surface area contributed by atoms with Gasteiger partial charge < -0.3 is 10.1 Å². The van der Waals surface area contributed by atoms with Crippen LogP contribution in [0.1, 0.15) is 32.2 Å². The smallest absolute Gasteiger partial charge is 0.181 e. The second kappa shape index (κ2) is 8.07. The number of nitrogens with zero attached hydrogens (tertiary/aromatic N) is 2. The minimum Gasteiger partial charge on any atom is -0.497 e. The van der Waals surface area contributed by atoms with E-state index in [0.29, 0.717) is 22.8 Å². The Labute approximate surface area is 178 Å². The standard InChI is InChI=1S/C23H27N3O3S/c1-15-24-20(16-8-7-9-19(14-16)29-5)21(30(6,27)28)22(25-15)26-18-12-10-17(11-13-18)23(2,3)4/h7-14H,1-6H3,(H,24,25,26). The van der Waals surface area contributed by atoms with Crippen LogP contribution in [0.2, 0.25) is 0 Å². The summed E-state index contributed by atoms with van der Waals surface area (Å²) in [7, 11) is -2.06. The lowest BCUT2D eigenvalue weighted by atomic mass is 9.87. The molecule has 0 unspecified atom stereocenters. The molecule has 6 nitrogen and oxygen atoms in total. The molecular formula is C23H27N3O3S. The number of aryl methyl sites for hydroxylation is 1. The average Bonchev–Trinajstić information content (AvgIpc) is 2.66. The summed E-state index contributed by atoms with van der Waals surface area (Å²) in [6.45, 7) is 8.17. The Morgan fingerprint density at radius 3 is 2.23 bits per heavy atom. The van der Waals surface area contributed by atoms with Crippen molar-refractivity contribution in [1.82, 2.24) is 9.97 Å². The molecule has 1 aromatic heterocycles. The van der Waals surface area contributed by atoms with Gasteiger partial charge in [-0.05, 0) is 42.2 Å². The molecule has 1 N–H and O–H groups in total. The largest absolute Gasteiger partial charge is 0.497 e. The number of benzene rings is 2. The first-order valence-electron chi connectivity index (χ1n) is 9.60. The molecule has 0 aliphatic carbocycles. The van der Waals surface area contributed by atoms with Crippen LogP contribution in [-0.2, 0) is 15.3 Å². The van der Waals surface area contributed by atoms with Gasteiger partial charge in [0.25, 0.3) is 0 Å². The molecule has 0 spiro atoms. The maximum absolute atomic E-state index is 12.7. The zero-order chi connectivity index (χ0) is 22.1. The van der Waals surface area contributed by atoms with E-state index in [2.05, 4.69) is 36.1 Å². The quantitative estimate of drug-likeness (QED) is 0.626. The highest BCUT2D eigenvalue weighted by Crippen LogP contribution is 2.34. The van der Waals surface area contributed by atoms with Crippen molar-refractivity contribution in [3.05, 3.63) is 59.9 Å². The first kappa shape index (κ1) is 21.8. The van der Waals surface area contributed by atoms with Gasteiger partial charge in [-0.2, -0.15) is 0 Å². The van der Waals surface area contributed by atoms with Gasteiger partial charge in [-0.15, -0.1) is 0 Å². The van der Waals surface area contributed by atoms with Crippen molar-refractivity contribution in [2.24, 2.45) is 0 Å². The first-order valence-corrected chi connectivity index (χ1v) is 11.5. The number of nitrogens with one attached hydrogen (secondary N) is 1. The fraction of sp³-hybridized carbons (Fsp3) is 0.304. The van der Waals surface area contributed by atoms with E-state index in [4.69, 9.17) is 4.74 Å². The molecule has 0 aliphatic heterocycles. The Morgan fingerprint density at radius 1 is 1.00 bits per heavy atom. The molecule has 0 saturated carbocycles. The van der Waals surface area contributed by atoms with E-state index in [-0.39, 0.29) is 16.1 Å². The van der Waals surface area contributed by atoms with Crippen molar-refractivity contribution in [3.63, 3.8) is 0 Å². The number of hydrogen-bond acceptors (Lipinski definition) is 6. The molecule has 7 heteroatoms. The molecule has 30 heavy (non-hydrogen) atoms. The van der Waals surface area contributed by atoms with Gasteiger partial charge in [0.05, 0.1) is 12.8 Å². The van der Waals surface area contributed by atoms with Crippen molar-refractivity contribution in [1.29, 1.82) is 0 Å². The molecule has 3 aromatic rings. The van der Waals surface area contributed by atoms with Crippen LogP contribution in [0.15, 0.2) is 53.4 Å². The molecule has 1 heterocycles. The summed E-state index contributed by atoms with van der Waals surface area (Å²) in [5, 5.41) is 3.18. The molecule has 0 amide bonds. The minimum absolute atomic E-state index is 0.0293. The highest BCUT2D eigenvalue weighted by atomic mass is 32.2. The number of methoxy groups -OCH3 is 1. The zero-order valence-electron chi connectivity index (χ0n) is 18.1. The van der Waals surface area contributed by atoms with Crippen LogP contribution in [0, 0.1) is 6.92 Å². The predicted molar refractivity (Wildman–Crippen MR) is 120 cm³/mol. The summed E-state index contributed by atoms with van der Waals surface area (Å²) < 4.78 is 30.8. The number of rotatable bonds is 5. The third-order valence-corrected chi connectivity index (χ3v) is 5.83. The van der Waals surface area contributed by atoms with Crippen LogP contribution in [-0.4, -0.2) is 31.8 Å². The second-order valence-corrected chi connectivity index (χ2v) is 10.2. The Hall–Kier alpha value is -2.93. The van der Waals surface area contributed by atoms with Crippen molar-refractivity contribution in [2.45, 2.75) is 38.0 Å². The van der Waals surface area contributed by atoms with Crippen LogP contribution < -0.4 is 10.1 Å². The lowest BCUT2D eigenvalue weighted by Crippen LogP contribution is -2.12. The molecule has 0 saturated heterocycles. The molecule has 0 fully saturated rings. The van der Waals surface area contributed by atoms with Gasteiger partial charge >= 0.3 is 0 Å². The van der Waals surface area contributed by atoms with E-state index in [9.17, 15) is 8.42 Å². The van der Waals surface area contributed by atoms with Gasteiger partial charge in [0.15, 0.2) is 15.7 Å². The van der Waals surface area contributed by atoms with Crippen molar-refractivity contribution >= 4 is 21.3 Å². The van der Waals surface area contributed by atoms with Gasteiger partial charge in [0, 0.05) is 17.5 Å². The van der Waals surface area contributed by atoms with Crippen LogP contribution in [0.5, 0.6) is 5.75 Å². The summed E-state index contributed by atoms with van der Waals surface area (Å²) in [5.74, 6) is 1.34. The summed E-state index contributed by atoms with van der Waals surface area (Å²) in [4.78, 5) is 8.91. The Morgan fingerprint density at radius 2 is 1.67 bits per heavy atom. The number of anilines is 2. The predicted octanol–water partition coefficient (Wildman–Crippen LogP) is 4.91. The highest BCUT2D eigenvalue weighted by Gasteiger charge is 2.24. The highest BCUT2D eigenvalue weighted by molar-refractivity contribution is 7.91. The molecule has 158 valence electrons. The lowest BCUT2D eigenvalue weighted by molar-refractivity contribution is 0.415. The third kappa shape index (κ3) is 4.79. The van der Waals surface area contributed by atoms with Gasteiger partial charge in [-0.3, -0.25) is 0 Å². The average molecular weight is 426 g/mol. The van der Waals surface area contributed by atoms with Crippen LogP contribution in [0.25, 0.3) is 11.3 Å². The summed E-state index contributed by atoms with van der Waals surface area (Å²) in [6.07, 6.45) is 1.17. The third-order valence-electron chi connectivity index (χ3n) is 4.70. The summed E-state index contributed by atoms with van der Waals surface area (Å²) in [6, 6.07) is 15.1. The zero-order valence-corrected chi connectivity index (χ0v) is 19.0. The topological polar surface area (TPSA) is 81.2 Å². The van der Waals surface area contributed by atoms with Crippen LogP contribution >= 0.6 is 0 Å². The molecular weight excluding hydrogens is 398 g/mol. The van der Waals surface area contributed by atoms with Crippen molar-refractivity contribution in [2.75, 3.05) is 18.7 Å². The number of ether oxygens (including phenoxy) is 1. The fourth-order valence-electron chi connectivity index (χ4n) is 3.15. The first-order chi connectivity index (χ1) is 14.0. The Kier molecular flexibility index (Phi) is 5.85. The monoisotopic (exact) mass is 425 g/mol. The van der Waals surface area contributed by atoms with Gasteiger partial charge in [0.2, 0.25) is 0 Å². The van der Waals surface area contributed by atoms with E-state index in [1.54, 1.807) is 38.3 Å². The molecule has 0 aliphatic rings. The van der Waals surface area contributed by atoms with E-state index >= 15 is 0 Å². The van der Waals surface area contributed by atoms with E-state index in [1.807, 2.05) is 24.3 Å². The van der Waals surface area contributed by atoms with Crippen LogP contribution in [0.3, 0.4) is 0 Å². The molecule has 3 rings (SSSR count). The number of aromatic nitrogens is 2. The van der Waals surface area contributed by atoms with E-state index < -0.39 is 9.84 Å². The second-order valence-electron chi connectivity index (χ2n) is 8.25. The van der Waals surface area contributed by atoms with Crippen molar-refractivity contribution in [3.8, 4) is 17.0 Å². The molecule has 0 bridgehead atoms. The fourth-order valence-corrected chi connectivity index (χ4v) is 4.12. The molecule has 0 atom stereocenters. The van der Waals surface area contributed by atoms with E-state index in [1.165, 1.54) is 11.8 Å². The Balaban J connectivity index is 2.14. The van der Waals surface area contributed by atoms with Gasteiger partial charge in [-0.25, -0.2) is 18.4 Å². The normalized spacial score (nSPS) is 11.9. The number of hydrogen-bond donors (Lipinski definition) is 1. The SMILES string of the molecule is COc1cccc(-c2nc(C)nc(Nc3ccc(C(C)(C)C)cc3)c2S(C)(=O)=O)c1. The number of sulfone groups is 1. The molecule has 0 radical (unpaired) electrons. The molecule has 2 aromatic carbocycles. The minimum atomic E-state index is -3.63. The maximum atomic E-state index is 12.7. The van der Waals surface area contributed by atoms with Gasteiger partial charge in [0.1, 0.15) is 16.5 Å². The maximum Gasteiger partial charge on any atom is 0.181 e. The summed E-state index contributed by atoms with van der Waals surface area (Å²) >= 11 is 0. The Bertz CT molecular complexity index is 1170. The summed E-state index contributed by atoms with van der Waals surface area (Å²) in [5.41, 5.74) is 2.96. The van der Waals surface area contributed by atoms with Gasteiger partial charge in [-0.1, -0.05) is 45.0 Å². The van der Waals surface area contributed by atoms with Crippen LogP contribution in [0.4, 0.5) is 11.5 Å². The lowest BCUT2D eigenvalue weighted by Gasteiger charge is -2.20. The van der Waals surface area contributed by atoms with Crippen molar-refractivity contribution < 1.29 is 13.2 Å².